The number of anilines is 3. The number of nitrogen functional groups attached to an aromatic ring is 1. The summed E-state index contributed by atoms with van der Waals surface area (Å²) >= 11 is 6.03. The van der Waals surface area contributed by atoms with E-state index in [4.69, 9.17) is 22.1 Å². The molecule has 0 saturated heterocycles. The van der Waals surface area contributed by atoms with Gasteiger partial charge in [-0.05, 0) is 12.1 Å². The molecular weight excluding hydrogens is 240 g/mol. The first-order chi connectivity index (χ1) is 8.22. The summed E-state index contributed by atoms with van der Waals surface area (Å²) in [6, 6.07) is 7.32. The number of nitrogens with zero attached hydrogens (tertiary/aromatic N) is 2. The molecule has 0 aliphatic heterocycles. The molecule has 0 saturated carbocycles. The number of benzene rings is 1. The highest BCUT2D eigenvalue weighted by Gasteiger charge is 2.10. The van der Waals surface area contributed by atoms with Crippen LogP contribution in [-0.4, -0.2) is 17.1 Å². The van der Waals surface area contributed by atoms with Crippen LogP contribution in [0.2, 0.25) is 5.02 Å². The van der Waals surface area contributed by atoms with Gasteiger partial charge in [-0.1, -0.05) is 23.7 Å². The third kappa shape index (κ3) is 2.39. The van der Waals surface area contributed by atoms with Gasteiger partial charge in [-0.3, -0.25) is 0 Å². The van der Waals surface area contributed by atoms with Crippen molar-refractivity contribution in [1.82, 2.24) is 9.97 Å². The molecule has 1 heterocycles. The Morgan fingerprint density at radius 1 is 1.29 bits per heavy atom. The van der Waals surface area contributed by atoms with E-state index in [1.54, 1.807) is 6.07 Å². The summed E-state index contributed by atoms with van der Waals surface area (Å²) in [5.41, 5.74) is 6.40. The minimum Gasteiger partial charge on any atom is -0.490 e. The summed E-state index contributed by atoms with van der Waals surface area (Å²) < 4.78 is 5.13. The van der Waals surface area contributed by atoms with E-state index in [1.165, 1.54) is 13.4 Å². The van der Waals surface area contributed by atoms with Crippen molar-refractivity contribution >= 4 is 28.9 Å². The Kier molecular flexibility index (Phi) is 3.30. The van der Waals surface area contributed by atoms with Gasteiger partial charge in [-0.25, -0.2) is 9.97 Å². The van der Waals surface area contributed by atoms with Crippen LogP contribution in [0.4, 0.5) is 17.3 Å². The zero-order valence-corrected chi connectivity index (χ0v) is 9.90. The summed E-state index contributed by atoms with van der Waals surface area (Å²) in [6.45, 7) is 0. The Labute approximate surface area is 104 Å². The van der Waals surface area contributed by atoms with Crippen LogP contribution in [0.5, 0.6) is 5.75 Å². The number of hydrogen-bond acceptors (Lipinski definition) is 5. The van der Waals surface area contributed by atoms with Gasteiger partial charge in [0, 0.05) is 0 Å². The molecule has 1 aromatic carbocycles. The largest absolute Gasteiger partial charge is 0.490 e. The van der Waals surface area contributed by atoms with Crippen molar-refractivity contribution in [3.63, 3.8) is 0 Å². The molecule has 0 radical (unpaired) electrons. The fourth-order valence-corrected chi connectivity index (χ4v) is 1.55. The van der Waals surface area contributed by atoms with Crippen LogP contribution < -0.4 is 15.8 Å². The molecule has 0 aliphatic carbocycles. The first-order valence-electron chi connectivity index (χ1n) is 4.88. The Balaban J connectivity index is 2.37. The maximum absolute atomic E-state index is 6.03. The number of aromatic nitrogens is 2. The number of hydrogen-bond donors (Lipinski definition) is 2. The molecule has 5 nitrogen and oxygen atoms in total. The molecular formula is C11H11ClN4O. The van der Waals surface area contributed by atoms with Crippen LogP contribution >= 0.6 is 11.6 Å². The van der Waals surface area contributed by atoms with Crippen molar-refractivity contribution in [2.75, 3.05) is 18.2 Å². The number of rotatable bonds is 3. The van der Waals surface area contributed by atoms with Crippen LogP contribution in [0.3, 0.4) is 0 Å². The average Bonchev–Trinajstić information content (AvgIpc) is 2.32. The summed E-state index contributed by atoms with van der Waals surface area (Å²) in [5.74, 6) is 1.15. The van der Waals surface area contributed by atoms with Crippen LogP contribution in [0.25, 0.3) is 0 Å². The van der Waals surface area contributed by atoms with Crippen molar-refractivity contribution in [1.29, 1.82) is 0 Å². The monoisotopic (exact) mass is 250 g/mol. The summed E-state index contributed by atoms with van der Waals surface area (Å²) in [7, 11) is 1.51. The normalized spacial score (nSPS) is 10.0. The van der Waals surface area contributed by atoms with Crippen molar-refractivity contribution in [3.05, 3.63) is 35.6 Å². The number of methoxy groups -OCH3 is 1. The second-order valence-electron chi connectivity index (χ2n) is 3.25. The van der Waals surface area contributed by atoms with Crippen LogP contribution in [0, 0.1) is 0 Å². The lowest BCUT2D eigenvalue weighted by molar-refractivity contribution is 0.415. The Morgan fingerprint density at radius 3 is 2.76 bits per heavy atom. The molecule has 0 atom stereocenters. The van der Waals surface area contributed by atoms with Crippen molar-refractivity contribution in [3.8, 4) is 5.75 Å². The number of halogens is 1. The Morgan fingerprint density at radius 2 is 2.06 bits per heavy atom. The van der Waals surface area contributed by atoms with E-state index in [9.17, 15) is 0 Å². The molecule has 2 rings (SSSR count). The first-order valence-corrected chi connectivity index (χ1v) is 5.26. The minimum absolute atomic E-state index is 0.275. The van der Waals surface area contributed by atoms with Crippen LogP contribution in [-0.2, 0) is 0 Å². The van der Waals surface area contributed by atoms with E-state index in [0.29, 0.717) is 16.6 Å². The topological polar surface area (TPSA) is 73.1 Å². The second kappa shape index (κ2) is 4.88. The average molecular weight is 251 g/mol. The molecule has 0 unspecified atom stereocenters. The lowest BCUT2D eigenvalue weighted by atomic mass is 10.3. The molecule has 88 valence electrons. The molecule has 0 aliphatic rings. The summed E-state index contributed by atoms with van der Waals surface area (Å²) in [4.78, 5) is 7.90. The van der Waals surface area contributed by atoms with Gasteiger partial charge in [0.25, 0.3) is 0 Å². The number of para-hydroxylation sites is 1. The highest BCUT2D eigenvalue weighted by Crippen LogP contribution is 2.31. The lowest BCUT2D eigenvalue weighted by Gasteiger charge is -2.11. The van der Waals surface area contributed by atoms with Crippen molar-refractivity contribution in [2.45, 2.75) is 0 Å². The van der Waals surface area contributed by atoms with E-state index < -0.39 is 0 Å². The summed E-state index contributed by atoms with van der Waals surface area (Å²) in [5, 5.41) is 3.63. The number of ether oxygens (including phenoxy) is 1. The van der Waals surface area contributed by atoms with Gasteiger partial charge in [0.2, 0.25) is 5.75 Å². The molecule has 3 N–H and O–H groups in total. The van der Waals surface area contributed by atoms with Gasteiger partial charge in [0.1, 0.15) is 6.33 Å². The number of nitrogens with two attached hydrogens (primary N) is 1. The van der Waals surface area contributed by atoms with Gasteiger partial charge in [0.05, 0.1) is 17.8 Å². The molecule has 0 bridgehead atoms. The minimum atomic E-state index is 0.275. The van der Waals surface area contributed by atoms with Gasteiger partial charge in [0.15, 0.2) is 11.6 Å². The van der Waals surface area contributed by atoms with Crippen molar-refractivity contribution in [2.24, 2.45) is 0 Å². The molecule has 17 heavy (non-hydrogen) atoms. The molecule has 1 aromatic heterocycles. The smallest absolute Gasteiger partial charge is 0.204 e. The van der Waals surface area contributed by atoms with Gasteiger partial charge >= 0.3 is 0 Å². The predicted octanol–water partition coefficient (Wildman–Crippen LogP) is 2.46. The first kappa shape index (κ1) is 11.5. The second-order valence-corrected chi connectivity index (χ2v) is 3.65. The van der Waals surface area contributed by atoms with Crippen LogP contribution in [0.1, 0.15) is 0 Å². The lowest BCUT2D eigenvalue weighted by Crippen LogP contribution is -2.02. The van der Waals surface area contributed by atoms with Gasteiger partial charge < -0.3 is 15.8 Å². The molecule has 2 aromatic rings. The third-order valence-electron chi connectivity index (χ3n) is 2.16. The van der Waals surface area contributed by atoms with Crippen molar-refractivity contribution < 1.29 is 4.74 Å². The molecule has 6 heteroatoms. The Bertz CT molecular complexity index is 533. The van der Waals surface area contributed by atoms with Gasteiger partial charge in [-0.2, -0.15) is 0 Å². The zero-order chi connectivity index (χ0) is 12.3. The molecule has 0 fully saturated rings. The van der Waals surface area contributed by atoms with E-state index >= 15 is 0 Å². The molecule has 0 spiro atoms. The SMILES string of the molecule is COc1c(N)ncnc1Nc1ccccc1Cl. The maximum atomic E-state index is 6.03. The van der Waals surface area contributed by atoms with E-state index in [-0.39, 0.29) is 5.82 Å². The van der Waals surface area contributed by atoms with Gasteiger partial charge in [-0.15, -0.1) is 0 Å². The fraction of sp³-hybridized carbons (Fsp3) is 0.0909. The quantitative estimate of drug-likeness (QED) is 0.875. The fourth-order valence-electron chi connectivity index (χ4n) is 1.37. The van der Waals surface area contributed by atoms with E-state index in [0.717, 1.165) is 5.69 Å². The third-order valence-corrected chi connectivity index (χ3v) is 2.49. The highest BCUT2D eigenvalue weighted by atomic mass is 35.5. The zero-order valence-electron chi connectivity index (χ0n) is 9.14. The number of nitrogens with one attached hydrogen (secondary N) is 1. The molecule has 0 amide bonds. The summed E-state index contributed by atoms with van der Waals surface area (Å²) in [6.07, 6.45) is 1.36. The van der Waals surface area contributed by atoms with E-state index in [1.807, 2.05) is 18.2 Å². The predicted molar refractivity (Wildman–Crippen MR) is 67.7 cm³/mol. The Hall–Kier alpha value is -2.01. The standard InChI is InChI=1S/C11H11ClN4O/c1-17-9-10(13)14-6-15-11(9)16-8-5-3-2-4-7(8)12/h2-6H,1H3,(H3,13,14,15,16). The highest BCUT2D eigenvalue weighted by molar-refractivity contribution is 6.33. The maximum Gasteiger partial charge on any atom is 0.204 e. The van der Waals surface area contributed by atoms with Crippen LogP contribution in [0.15, 0.2) is 30.6 Å². The van der Waals surface area contributed by atoms with E-state index in [2.05, 4.69) is 15.3 Å².